The van der Waals surface area contributed by atoms with Crippen LogP contribution in [-0.4, -0.2) is 48.3 Å². The van der Waals surface area contributed by atoms with Crippen LogP contribution in [0.1, 0.15) is 33.1 Å². The molecule has 3 aromatic rings. The van der Waals surface area contributed by atoms with Gasteiger partial charge in [0.2, 0.25) is 5.91 Å². The summed E-state index contributed by atoms with van der Waals surface area (Å²) in [5, 5.41) is 6.84. The first-order valence-electron chi connectivity index (χ1n) is 8.28. The minimum Gasteiger partial charge on any atom is -0.465 e. The Hall–Kier alpha value is -3.27. The van der Waals surface area contributed by atoms with Crippen LogP contribution in [0, 0.1) is 6.92 Å². The number of nitrogens with zero attached hydrogens (tertiary/aromatic N) is 3. The number of hydrogen-bond acceptors (Lipinski definition) is 7. The lowest BCUT2D eigenvalue weighted by molar-refractivity contribution is -0.116. The zero-order valence-corrected chi connectivity index (χ0v) is 16.1. The molecule has 0 saturated carbocycles. The topological polar surface area (TPSA) is 120 Å². The number of amides is 1. The van der Waals surface area contributed by atoms with Crippen molar-refractivity contribution in [3.8, 4) is 0 Å². The van der Waals surface area contributed by atoms with Gasteiger partial charge in [-0.2, -0.15) is 5.10 Å². The number of nitrogens with one attached hydrogen (secondary N) is 1. The van der Waals surface area contributed by atoms with Crippen LogP contribution in [0.4, 0.5) is 5.69 Å². The molecule has 1 atom stereocenters. The van der Waals surface area contributed by atoms with Crippen LogP contribution >= 0.6 is 0 Å². The van der Waals surface area contributed by atoms with Crippen molar-refractivity contribution in [2.45, 2.75) is 17.7 Å². The Morgan fingerprint density at radius 2 is 2.07 bits per heavy atom. The number of carbonyl (C=O) groups excluding carboxylic acids is 2. The third kappa shape index (κ3) is 2.64. The van der Waals surface area contributed by atoms with E-state index in [4.69, 9.17) is 4.74 Å². The molecular formula is C18H16N4O5S. The molecule has 1 amide bonds. The first kappa shape index (κ1) is 18.1. The number of fused-ring (bicyclic) bond motifs is 2. The number of esters is 1. The van der Waals surface area contributed by atoms with E-state index >= 15 is 0 Å². The van der Waals surface area contributed by atoms with Gasteiger partial charge in [-0.3, -0.25) is 4.79 Å². The van der Waals surface area contributed by atoms with Gasteiger partial charge in [0.25, 0.3) is 0 Å². The van der Waals surface area contributed by atoms with Crippen LogP contribution < -0.4 is 5.32 Å². The number of methoxy groups -OCH3 is 1. The number of hydrogen-bond donors (Lipinski definition) is 1. The molecule has 0 aliphatic carbocycles. The van der Waals surface area contributed by atoms with Gasteiger partial charge in [-0.1, -0.05) is 6.07 Å². The quantitative estimate of drug-likeness (QED) is 0.658. The molecule has 0 fully saturated rings. The molecule has 0 bridgehead atoms. The lowest BCUT2D eigenvalue weighted by Gasteiger charge is -2.11. The summed E-state index contributed by atoms with van der Waals surface area (Å²) in [6, 6.07) is 4.50. The summed E-state index contributed by atoms with van der Waals surface area (Å²) in [6.45, 7) is 1.73. The largest absolute Gasteiger partial charge is 0.465 e. The van der Waals surface area contributed by atoms with Crippen molar-refractivity contribution in [2.75, 3.05) is 18.7 Å². The number of benzene rings is 1. The maximum Gasteiger partial charge on any atom is 0.339 e. The zero-order chi connectivity index (χ0) is 20.2. The molecule has 0 spiro atoms. The second-order valence-electron chi connectivity index (χ2n) is 6.54. The van der Waals surface area contributed by atoms with E-state index in [2.05, 4.69) is 15.4 Å². The van der Waals surface area contributed by atoms with E-state index in [-0.39, 0.29) is 10.8 Å². The Morgan fingerprint density at radius 1 is 1.32 bits per heavy atom. The van der Waals surface area contributed by atoms with Gasteiger partial charge in [-0.25, -0.2) is 22.7 Å². The van der Waals surface area contributed by atoms with Crippen molar-refractivity contribution < 1.29 is 22.7 Å². The molecule has 1 N–H and O–H groups in total. The maximum absolute atomic E-state index is 12.7. The second kappa shape index (κ2) is 6.13. The molecule has 2 aromatic heterocycles. The molecule has 0 radical (unpaired) electrons. The zero-order valence-electron chi connectivity index (χ0n) is 15.3. The van der Waals surface area contributed by atoms with Crippen molar-refractivity contribution in [3.05, 3.63) is 53.1 Å². The van der Waals surface area contributed by atoms with Crippen molar-refractivity contribution in [2.24, 2.45) is 0 Å². The first-order valence-corrected chi connectivity index (χ1v) is 10.2. The highest BCUT2D eigenvalue weighted by atomic mass is 32.2. The van der Waals surface area contributed by atoms with Gasteiger partial charge < -0.3 is 10.1 Å². The molecule has 9 nitrogen and oxygen atoms in total. The van der Waals surface area contributed by atoms with E-state index < -0.39 is 21.7 Å². The van der Waals surface area contributed by atoms with Gasteiger partial charge in [0.1, 0.15) is 12.2 Å². The molecule has 1 aliphatic heterocycles. The maximum atomic E-state index is 12.7. The van der Waals surface area contributed by atoms with Gasteiger partial charge >= 0.3 is 5.97 Å². The standard InChI is InChI=1S/C18H16N4O5S/c1-9-12(18(24)27-2)7-22-16(9)15(19-8-20-22)14-11-5-4-10(28(3,25)26)6-13(11)21-17(14)23/h4-8,14H,1-3H3,(H,21,23). The molecule has 4 rings (SSSR count). The van der Waals surface area contributed by atoms with Crippen LogP contribution in [0.15, 0.2) is 35.6 Å². The van der Waals surface area contributed by atoms with E-state index in [0.717, 1.165) is 6.26 Å². The first-order chi connectivity index (χ1) is 13.2. The van der Waals surface area contributed by atoms with E-state index in [1.807, 2.05) is 0 Å². The predicted molar refractivity (Wildman–Crippen MR) is 99.1 cm³/mol. The van der Waals surface area contributed by atoms with Gasteiger partial charge in [0.05, 0.1) is 28.8 Å². The number of sulfone groups is 1. The average molecular weight is 400 g/mol. The second-order valence-corrected chi connectivity index (χ2v) is 8.56. The smallest absolute Gasteiger partial charge is 0.339 e. The fraction of sp³-hybridized carbons (Fsp3) is 0.222. The fourth-order valence-corrected chi connectivity index (χ4v) is 4.11. The minimum absolute atomic E-state index is 0.117. The third-order valence-corrected chi connectivity index (χ3v) is 5.93. The molecule has 3 heterocycles. The highest BCUT2D eigenvalue weighted by Gasteiger charge is 2.36. The van der Waals surface area contributed by atoms with E-state index in [9.17, 15) is 18.0 Å². The van der Waals surface area contributed by atoms with Crippen molar-refractivity contribution in [3.63, 3.8) is 0 Å². The SMILES string of the molecule is COC(=O)c1cn2ncnc(C3C(=O)Nc4cc(S(C)(=O)=O)ccc43)c2c1C. The summed E-state index contributed by atoms with van der Waals surface area (Å²) in [7, 11) is -2.12. The minimum atomic E-state index is -3.41. The van der Waals surface area contributed by atoms with Gasteiger partial charge in [-0.15, -0.1) is 0 Å². The number of ether oxygens (including phenoxy) is 1. The monoisotopic (exact) mass is 400 g/mol. The lowest BCUT2D eigenvalue weighted by Crippen LogP contribution is -2.16. The Bertz CT molecular complexity index is 1260. The number of aryl methyl sites for hydroxylation is 1. The Labute approximate surface area is 160 Å². The van der Waals surface area contributed by atoms with Crippen LogP contribution in [0.25, 0.3) is 5.52 Å². The van der Waals surface area contributed by atoms with E-state index in [1.54, 1.807) is 13.0 Å². The summed E-state index contributed by atoms with van der Waals surface area (Å²) in [5.74, 6) is -1.60. The highest BCUT2D eigenvalue weighted by molar-refractivity contribution is 7.90. The Morgan fingerprint density at radius 3 is 2.75 bits per heavy atom. The number of aromatic nitrogens is 3. The molecule has 0 saturated heterocycles. The lowest BCUT2D eigenvalue weighted by atomic mass is 9.95. The molecule has 144 valence electrons. The summed E-state index contributed by atoms with van der Waals surface area (Å²) in [6.07, 6.45) is 3.94. The van der Waals surface area contributed by atoms with E-state index in [1.165, 1.54) is 36.3 Å². The van der Waals surface area contributed by atoms with E-state index in [0.29, 0.717) is 33.6 Å². The molecular weight excluding hydrogens is 384 g/mol. The third-order valence-electron chi connectivity index (χ3n) is 4.82. The summed E-state index contributed by atoms with van der Waals surface area (Å²) in [5.41, 5.74) is 2.91. The number of carbonyl (C=O) groups is 2. The average Bonchev–Trinajstić information content (AvgIpc) is 3.16. The van der Waals surface area contributed by atoms with Crippen molar-refractivity contribution in [1.82, 2.24) is 14.6 Å². The van der Waals surface area contributed by atoms with Crippen molar-refractivity contribution >= 4 is 32.9 Å². The van der Waals surface area contributed by atoms with Gasteiger partial charge in [0, 0.05) is 18.1 Å². The summed E-state index contributed by atoms with van der Waals surface area (Å²) < 4.78 is 29.9. The summed E-state index contributed by atoms with van der Waals surface area (Å²) >= 11 is 0. The Balaban J connectivity index is 1.92. The number of anilines is 1. The highest BCUT2D eigenvalue weighted by Crippen LogP contribution is 2.39. The van der Waals surface area contributed by atoms with Gasteiger partial charge in [0.15, 0.2) is 9.84 Å². The molecule has 1 aliphatic rings. The van der Waals surface area contributed by atoms with Gasteiger partial charge in [-0.05, 0) is 30.2 Å². The Kier molecular flexibility index (Phi) is 3.96. The predicted octanol–water partition coefficient (Wildman–Crippen LogP) is 1.31. The number of rotatable bonds is 3. The van der Waals surface area contributed by atoms with Crippen LogP contribution in [-0.2, 0) is 19.4 Å². The molecule has 10 heteroatoms. The summed E-state index contributed by atoms with van der Waals surface area (Å²) in [4.78, 5) is 29.2. The molecule has 1 unspecified atom stereocenters. The normalized spacial score (nSPS) is 16.1. The molecule has 1 aromatic carbocycles. The van der Waals surface area contributed by atoms with Crippen molar-refractivity contribution in [1.29, 1.82) is 0 Å². The fourth-order valence-electron chi connectivity index (χ4n) is 3.46. The van der Waals surface area contributed by atoms with Crippen LogP contribution in [0.2, 0.25) is 0 Å². The van der Waals surface area contributed by atoms with Crippen LogP contribution in [0.5, 0.6) is 0 Å². The van der Waals surface area contributed by atoms with Crippen LogP contribution in [0.3, 0.4) is 0 Å². The molecule has 28 heavy (non-hydrogen) atoms.